The van der Waals surface area contributed by atoms with Gasteiger partial charge < -0.3 is 19.8 Å². The second kappa shape index (κ2) is 7.11. The number of nitrogens with one attached hydrogen (secondary N) is 1. The number of nitrogen functional groups attached to an aromatic ring is 1. The van der Waals surface area contributed by atoms with E-state index in [1.807, 2.05) is 38.1 Å². The second-order valence-electron chi connectivity index (χ2n) is 6.52. The summed E-state index contributed by atoms with van der Waals surface area (Å²) in [6, 6.07) is 14.5. The van der Waals surface area contributed by atoms with Gasteiger partial charge in [-0.25, -0.2) is 5.43 Å². The number of aromatic nitrogens is 1. The summed E-state index contributed by atoms with van der Waals surface area (Å²) in [6.45, 7) is 4.26. The Hall–Kier alpha value is -3.74. The van der Waals surface area contributed by atoms with Crippen molar-refractivity contribution in [3.63, 3.8) is 0 Å². The number of hydrogen-bond donors (Lipinski definition) is 2. The van der Waals surface area contributed by atoms with E-state index in [4.69, 9.17) is 15.2 Å². The Morgan fingerprint density at radius 3 is 2.64 bits per heavy atom. The van der Waals surface area contributed by atoms with Gasteiger partial charge in [0, 0.05) is 40.0 Å². The van der Waals surface area contributed by atoms with E-state index in [0.717, 1.165) is 34.1 Å². The summed E-state index contributed by atoms with van der Waals surface area (Å²) >= 11 is 0. The number of hydrazone groups is 1. The Morgan fingerprint density at radius 1 is 1.11 bits per heavy atom. The minimum absolute atomic E-state index is 0.244. The molecule has 3 N–H and O–H groups in total. The lowest BCUT2D eigenvalue weighted by atomic mass is 10.2. The molecule has 3 aromatic rings. The van der Waals surface area contributed by atoms with Crippen LogP contribution in [0.2, 0.25) is 0 Å². The van der Waals surface area contributed by atoms with Crippen molar-refractivity contribution in [2.75, 3.05) is 12.5 Å². The van der Waals surface area contributed by atoms with Crippen molar-refractivity contribution >= 4 is 17.8 Å². The molecule has 0 atom stereocenters. The van der Waals surface area contributed by atoms with Crippen LogP contribution in [0.25, 0.3) is 5.69 Å². The second-order valence-corrected chi connectivity index (χ2v) is 6.52. The van der Waals surface area contributed by atoms with E-state index < -0.39 is 0 Å². The molecular weight excluding hydrogens is 356 g/mol. The summed E-state index contributed by atoms with van der Waals surface area (Å²) in [5.41, 5.74) is 13.2. The molecule has 0 saturated heterocycles. The van der Waals surface area contributed by atoms with Crippen LogP contribution >= 0.6 is 0 Å². The molecule has 1 aliphatic heterocycles. The van der Waals surface area contributed by atoms with Gasteiger partial charge in [-0.3, -0.25) is 4.79 Å². The summed E-state index contributed by atoms with van der Waals surface area (Å²) in [7, 11) is 0. The molecule has 1 aliphatic rings. The first-order chi connectivity index (χ1) is 13.5. The Labute approximate surface area is 162 Å². The van der Waals surface area contributed by atoms with Gasteiger partial charge in [0.25, 0.3) is 5.91 Å². The quantitative estimate of drug-likeness (QED) is 0.416. The highest BCUT2D eigenvalue weighted by atomic mass is 16.7. The van der Waals surface area contributed by atoms with Gasteiger partial charge in [0.1, 0.15) is 0 Å². The van der Waals surface area contributed by atoms with Crippen LogP contribution in [-0.2, 0) is 0 Å². The van der Waals surface area contributed by atoms with E-state index in [-0.39, 0.29) is 12.7 Å². The number of nitrogens with zero attached hydrogens (tertiary/aromatic N) is 2. The molecule has 2 aromatic carbocycles. The SMILES string of the molecule is Cc1cc(/C=N\NC(=O)c2ccc(N)cc2)c(C)n1-c1ccc2c(c1)OCO2. The molecule has 142 valence electrons. The lowest BCUT2D eigenvalue weighted by Crippen LogP contribution is -2.17. The molecule has 0 unspecified atom stereocenters. The first-order valence-electron chi connectivity index (χ1n) is 8.81. The van der Waals surface area contributed by atoms with Crippen LogP contribution in [0.3, 0.4) is 0 Å². The van der Waals surface area contributed by atoms with Crippen LogP contribution in [0.5, 0.6) is 11.5 Å². The zero-order valence-electron chi connectivity index (χ0n) is 15.6. The molecule has 0 aliphatic carbocycles. The van der Waals surface area contributed by atoms with Crippen molar-refractivity contribution < 1.29 is 14.3 Å². The van der Waals surface area contributed by atoms with E-state index in [1.54, 1.807) is 30.5 Å². The summed E-state index contributed by atoms with van der Waals surface area (Å²) in [6.07, 6.45) is 1.64. The number of rotatable bonds is 4. The smallest absolute Gasteiger partial charge is 0.271 e. The van der Waals surface area contributed by atoms with Gasteiger partial charge in [-0.15, -0.1) is 0 Å². The average molecular weight is 376 g/mol. The number of hydrogen-bond acceptors (Lipinski definition) is 5. The predicted octanol–water partition coefficient (Wildman–Crippen LogP) is 3.17. The molecule has 1 amide bonds. The highest BCUT2D eigenvalue weighted by Gasteiger charge is 2.16. The molecule has 1 aromatic heterocycles. The number of amides is 1. The number of ether oxygens (including phenoxy) is 2. The summed E-state index contributed by atoms with van der Waals surface area (Å²) in [4.78, 5) is 12.1. The van der Waals surface area contributed by atoms with Crippen LogP contribution in [0.15, 0.2) is 53.6 Å². The van der Waals surface area contributed by atoms with Gasteiger partial charge in [-0.1, -0.05) is 0 Å². The van der Waals surface area contributed by atoms with Crippen molar-refractivity contribution in [2.45, 2.75) is 13.8 Å². The summed E-state index contributed by atoms with van der Waals surface area (Å²) in [5.74, 6) is 1.19. The van der Waals surface area contributed by atoms with Gasteiger partial charge >= 0.3 is 0 Å². The zero-order valence-corrected chi connectivity index (χ0v) is 15.6. The van der Waals surface area contributed by atoms with Crippen molar-refractivity contribution in [3.8, 4) is 17.2 Å². The van der Waals surface area contributed by atoms with E-state index in [0.29, 0.717) is 11.3 Å². The zero-order chi connectivity index (χ0) is 19.7. The molecule has 7 heteroatoms. The Kier molecular flexibility index (Phi) is 4.49. The van der Waals surface area contributed by atoms with Crippen LogP contribution in [0, 0.1) is 13.8 Å². The summed E-state index contributed by atoms with van der Waals surface area (Å²) < 4.78 is 12.9. The number of aryl methyl sites for hydroxylation is 1. The maximum absolute atomic E-state index is 12.1. The molecule has 4 rings (SSSR count). The predicted molar refractivity (Wildman–Crippen MR) is 107 cm³/mol. The first-order valence-corrected chi connectivity index (χ1v) is 8.81. The Morgan fingerprint density at radius 2 is 1.86 bits per heavy atom. The Bertz CT molecular complexity index is 1070. The first kappa shape index (κ1) is 17.7. The minimum Gasteiger partial charge on any atom is -0.454 e. The molecule has 0 bridgehead atoms. The van der Waals surface area contributed by atoms with Crippen molar-refractivity contribution in [1.82, 2.24) is 9.99 Å². The van der Waals surface area contributed by atoms with Crippen molar-refractivity contribution in [2.24, 2.45) is 5.10 Å². The number of fused-ring (bicyclic) bond motifs is 1. The van der Waals surface area contributed by atoms with Gasteiger partial charge in [0.15, 0.2) is 11.5 Å². The maximum atomic E-state index is 12.1. The number of carbonyl (C=O) groups is 1. The highest BCUT2D eigenvalue weighted by molar-refractivity contribution is 5.95. The Balaban J connectivity index is 1.53. The molecular formula is C21H20N4O3. The molecule has 28 heavy (non-hydrogen) atoms. The van der Waals surface area contributed by atoms with Crippen molar-refractivity contribution in [1.29, 1.82) is 0 Å². The van der Waals surface area contributed by atoms with Gasteiger partial charge in [-0.2, -0.15) is 5.10 Å². The third-order valence-corrected chi connectivity index (χ3v) is 4.63. The summed E-state index contributed by atoms with van der Waals surface area (Å²) in [5, 5.41) is 4.09. The van der Waals surface area contributed by atoms with Crippen LogP contribution in [0.1, 0.15) is 27.3 Å². The van der Waals surface area contributed by atoms with Crippen LogP contribution in [0.4, 0.5) is 5.69 Å². The van der Waals surface area contributed by atoms with E-state index in [9.17, 15) is 4.79 Å². The fraction of sp³-hybridized carbons (Fsp3) is 0.143. The lowest BCUT2D eigenvalue weighted by molar-refractivity contribution is 0.0955. The standard InChI is InChI=1S/C21H20N4O3/c1-13-9-16(11-23-24-21(26)15-3-5-17(22)6-4-15)14(2)25(13)18-7-8-19-20(10-18)28-12-27-19/h3-11H,12,22H2,1-2H3,(H,24,26)/b23-11-. The third-order valence-electron chi connectivity index (χ3n) is 4.63. The number of nitrogens with two attached hydrogens (primary N) is 1. The van der Waals surface area contributed by atoms with Crippen LogP contribution in [-0.4, -0.2) is 23.5 Å². The molecule has 7 nitrogen and oxygen atoms in total. The average Bonchev–Trinajstić information content (AvgIpc) is 3.26. The fourth-order valence-corrected chi connectivity index (χ4v) is 3.20. The molecule has 0 fully saturated rings. The molecule has 0 spiro atoms. The minimum atomic E-state index is -0.291. The normalized spacial score (nSPS) is 12.5. The van der Waals surface area contributed by atoms with Gasteiger partial charge in [-0.05, 0) is 56.3 Å². The van der Waals surface area contributed by atoms with E-state index in [1.165, 1.54) is 0 Å². The largest absolute Gasteiger partial charge is 0.454 e. The molecule has 0 saturated carbocycles. The number of benzene rings is 2. The highest BCUT2D eigenvalue weighted by Crippen LogP contribution is 2.34. The number of carbonyl (C=O) groups excluding carboxylic acids is 1. The molecule has 2 heterocycles. The van der Waals surface area contributed by atoms with E-state index >= 15 is 0 Å². The third kappa shape index (κ3) is 3.29. The lowest BCUT2D eigenvalue weighted by Gasteiger charge is -2.10. The van der Waals surface area contributed by atoms with Gasteiger partial charge in [0.2, 0.25) is 6.79 Å². The van der Waals surface area contributed by atoms with Crippen molar-refractivity contribution in [3.05, 3.63) is 71.0 Å². The maximum Gasteiger partial charge on any atom is 0.271 e. The monoisotopic (exact) mass is 376 g/mol. The van der Waals surface area contributed by atoms with Gasteiger partial charge in [0.05, 0.1) is 6.21 Å². The topological polar surface area (TPSA) is 90.9 Å². The number of anilines is 1. The van der Waals surface area contributed by atoms with E-state index in [2.05, 4.69) is 15.1 Å². The van der Waals surface area contributed by atoms with Crippen LogP contribution < -0.4 is 20.6 Å². The molecule has 0 radical (unpaired) electrons. The fourth-order valence-electron chi connectivity index (χ4n) is 3.20.